The summed E-state index contributed by atoms with van der Waals surface area (Å²) in [6.07, 6.45) is 0. The molecule has 28 valence electrons. The quantitative estimate of drug-likeness (QED) is 0.259. The van der Waals surface area contributed by atoms with Crippen LogP contribution in [-0.4, -0.2) is 21.1 Å². The zero-order valence-electron chi connectivity index (χ0n) is 3.09. The Morgan fingerprint density at radius 3 is 2.67 bits per heavy atom. The second-order valence-electron chi connectivity index (χ2n) is 0.821. The molecule has 0 amide bonds. The van der Waals surface area contributed by atoms with Gasteiger partial charge in [0.15, 0.2) is 0 Å². The van der Waals surface area contributed by atoms with Gasteiger partial charge in [-0.05, 0) is 0 Å². The van der Waals surface area contributed by atoms with E-state index in [4.69, 9.17) is 0 Å². The maximum absolute atomic E-state index is 4.26. The van der Waals surface area contributed by atoms with Crippen LogP contribution in [0, 0.1) is 0 Å². The molecule has 1 rings (SSSR count). The first-order valence-corrected chi connectivity index (χ1v) is 1.60. The molecule has 1 aliphatic rings. The van der Waals surface area contributed by atoms with Crippen molar-refractivity contribution < 1.29 is 14.6 Å². The molecule has 0 saturated carbocycles. The molecule has 0 radical (unpaired) electrons. The molecule has 1 aliphatic heterocycles. The summed E-state index contributed by atoms with van der Waals surface area (Å²) in [5.74, 6) is 0. The molecular weight excluding hydrogens is 80.4 g/mol. The first kappa shape index (κ1) is 4.08. The third kappa shape index (κ3) is 0.951. The Morgan fingerprint density at radius 1 is 1.50 bits per heavy atom. The average Bonchev–Trinajstić information content (AvgIpc) is 1.72. The summed E-state index contributed by atoms with van der Waals surface area (Å²) < 4.78 is 0. The van der Waals surface area contributed by atoms with E-state index in [2.05, 4.69) is 14.6 Å². The van der Waals surface area contributed by atoms with Crippen LogP contribution in [0.2, 0.25) is 0 Å². The fourth-order valence-electron chi connectivity index (χ4n) is 0.196. The molecule has 3 nitrogen and oxygen atoms in total. The van der Waals surface area contributed by atoms with Crippen LogP contribution in [0.25, 0.3) is 0 Å². The van der Waals surface area contributed by atoms with Gasteiger partial charge in [-0.2, -0.15) is 0 Å². The molecule has 0 bridgehead atoms. The van der Waals surface area contributed by atoms with E-state index in [0.29, 0.717) is 7.37 Å². The van der Waals surface area contributed by atoms with Gasteiger partial charge in [-0.3, -0.25) is 0 Å². The Hall–Kier alpha value is -0.0852. The summed E-state index contributed by atoms with van der Waals surface area (Å²) in [6.45, 7) is 1.70. The molecular formula is HB3O3. The van der Waals surface area contributed by atoms with E-state index in [-0.39, 0.29) is 0 Å². The first-order chi connectivity index (χ1) is 3.00. The molecule has 0 fully saturated rings. The molecule has 0 atom stereocenters. The zero-order chi connectivity index (χ0) is 4.24. The predicted molar refractivity (Wildman–Crippen MR) is 21.9 cm³/mol. The third-order valence-electron chi connectivity index (χ3n) is 0.403. The summed E-state index contributed by atoms with van der Waals surface area (Å²) in [5.41, 5.74) is 0. The summed E-state index contributed by atoms with van der Waals surface area (Å²) in [4.78, 5) is 8.43. The Bertz CT molecular complexity index is 51.1. The molecule has 6 heteroatoms. The summed E-state index contributed by atoms with van der Waals surface area (Å²) in [6, 6.07) is 0. The molecule has 0 aromatic rings. The van der Waals surface area contributed by atoms with Crippen molar-refractivity contribution in [3.05, 3.63) is 0 Å². The van der Waals surface area contributed by atoms with Crippen molar-refractivity contribution >= 4 is 21.1 Å². The fraction of sp³-hybridized carbons (Fsp3) is 0. The van der Waals surface area contributed by atoms with Gasteiger partial charge < -0.3 is 0 Å². The van der Waals surface area contributed by atoms with Crippen molar-refractivity contribution in [2.24, 2.45) is 0 Å². The van der Waals surface area contributed by atoms with Gasteiger partial charge in [0, 0.05) is 0 Å². The van der Waals surface area contributed by atoms with Crippen molar-refractivity contribution in [1.29, 1.82) is 0 Å². The van der Waals surface area contributed by atoms with Crippen LogP contribution in [0.3, 0.4) is 0 Å². The molecule has 0 unspecified atom stereocenters. The second kappa shape index (κ2) is 2.15. The van der Waals surface area contributed by atoms with Gasteiger partial charge in [-0.1, -0.05) is 0 Å². The minimum atomic E-state index is 0.472. The van der Waals surface area contributed by atoms with Crippen LogP contribution >= 0.6 is 0 Å². The van der Waals surface area contributed by atoms with E-state index in [9.17, 15) is 0 Å². The van der Waals surface area contributed by atoms with Crippen molar-refractivity contribution in [3.8, 4) is 0 Å². The molecule has 0 spiro atoms. The van der Waals surface area contributed by atoms with E-state index < -0.39 is 0 Å². The van der Waals surface area contributed by atoms with E-state index in [1.165, 1.54) is 7.00 Å². The van der Waals surface area contributed by atoms with Crippen LogP contribution < -0.4 is 0 Å². The van der Waals surface area contributed by atoms with Gasteiger partial charge in [-0.15, -0.1) is 0 Å². The van der Waals surface area contributed by atoms with Gasteiger partial charge in [0.05, 0.1) is 0 Å². The standard InChI is InChI=1S/B3HO3/c1-2-4-6-5-3-1/h2H. The number of hydrogen-bond donors (Lipinski definition) is 0. The SMILES string of the molecule is B1=BOOOB1. The van der Waals surface area contributed by atoms with Crippen LogP contribution in [0.5, 0.6) is 0 Å². The van der Waals surface area contributed by atoms with E-state index >= 15 is 0 Å². The zero-order valence-corrected chi connectivity index (χ0v) is 3.09. The van der Waals surface area contributed by atoms with Gasteiger partial charge in [0.25, 0.3) is 0 Å². The van der Waals surface area contributed by atoms with Crippen molar-refractivity contribution in [3.63, 3.8) is 0 Å². The first-order valence-electron chi connectivity index (χ1n) is 1.60. The Kier molecular flexibility index (Phi) is 1.47. The van der Waals surface area contributed by atoms with Crippen molar-refractivity contribution in [2.45, 2.75) is 0 Å². The van der Waals surface area contributed by atoms with Crippen LogP contribution in [0.15, 0.2) is 0 Å². The number of hydrogen-bond acceptors (Lipinski definition) is 3. The molecule has 1 heterocycles. The van der Waals surface area contributed by atoms with Gasteiger partial charge in [0.2, 0.25) is 0 Å². The summed E-state index contributed by atoms with van der Waals surface area (Å²) >= 11 is 0. The molecule has 6 heavy (non-hydrogen) atoms. The predicted octanol–water partition coefficient (Wildman–Crippen LogP) is -1.62. The van der Waals surface area contributed by atoms with Crippen LogP contribution in [-0.2, 0) is 14.6 Å². The summed E-state index contributed by atoms with van der Waals surface area (Å²) in [5, 5.41) is 3.98. The van der Waals surface area contributed by atoms with E-state index in [1.807, 2.05) is 0 Å². The fourth-order valence-corrected chi connectivity index (χ4v) is 0.196. The van der Waals surface area contributed by atoms with Crippen LogP contribution in [0.4, 0.5) is 0 Å². The molecule has 0 aliphatic carbocycles. The van der Waals surface area contributed by atoms with Gasteiger partial charge in [-0.25, -0.2) is 0 Å². The Labute approximate surface area is 36.8 Å². The average molecular weight is 81.4 g/mol. The second-order valence-corrected chi connectivity index (χ2v) is 0.821. The number of rotatable bonds is 0. The molecule has 0 aromatic carbocycles. The monoisotopic (exact) mass is 82.0 g/mol. The van der Waals surface area contributed by atoms with Crippen molar-refractivity contribution in [2.75, 3.05) is 0 Å². The topological polar surface area (TPSA) is 27.7 Å². The maximum atomic E-state index is 4.26. The minimum absolute atomic E-state index is 0.472. The Balaban J connectivity index is 2.26. The summed E-state index contributed by atoms with van der Waals surface area (Å²) in [7, 11) is 1.89. The van der Waals surface area contributed by atoms with Crippen molar-refractivity contribution in [1.82, 2.24) is 0 Å². The third-order valence-corrected chi connectivity index (χ3v) is 0.403. The van der Waals surface area contributed by atoms with Crippen LogP contribution in [0.1, 0.15) is 0 Å². The van der Waals surface area contributed by atoms with Gasteiger partial charge in [0.1, 0.15) is 0 Å². The Morgan fingerprint density at radius 2 is 2.50 bits per heavy atom. The molecule has 0 saturated heterocycles. The van der Waals surface area contributed by atoms with E-state index in [0.717, 1.165) is 0 Å². The molecule has 0 aromatic heterocycles. The van der Waals surface area contributed by atoms with E-state index in [1.54, 1.807) is 6.69 Å². The normalized spacial score (nSPS) is 16.0. The van der Waals surface area contributed by atoms with Gasteiger partial charge >= 0.3 is 35.7 Å². The molecule has 0 N–H and O–H groups in total.